The fraction of sp³-hybridized carbons (Fsp3) is 0.241. The van der Waals surface area contributed by atoms with Crippen molar-refractivity contribution in [3.05, 3.63) is 106 Å². The van der Waals surface area contributed by atoms with Gasteiger partial charge < -0.3 is 19.3 Å². The smallest absolute Gasteiger partial charge is 0.330 e. The summed E-state index contributed by atoms with van der Waals surface area (Å²) in [5.41, 5.74) is 0.186. The van der Waals surface area contributed by atoms with Gasteiger partial charge in [0.05, 0.1) is 19.4 Å². The second-order valence-electron chi connectivity index (χ2n) is 9.27. The van der Waals surface area contributed by atoms with Crippen molar-refractivity contribution in [2.24, 2.45) is 0 Å². The number of methoxy groups -OCH3 is 1. The molecule has 1 aliphatic heterocycles. The number of hydrogen-bond donors (Lipinski definition) is 2. The van der Waals surface area contributed by atoms with Crippen LogP contribution in [0.3, 0.4) is 0 Å². The van der Waals surface area contributed by atoms with Crippen LogP contribution < -0.4 is 20.7 Å². The number of hydrogen-bond acceptors (Lipinski definition) is 6. The maximum atomic E-state index is 13.9. The van der Waals surface area contributed by atoms with Crippen LogP contribution in [-0.2, 0) is 10.5 Å². The van der Waals surface area contributed by atoms with Gasteiger partial charge in [0.15, 0.2) is 0 Å². The Balaban J connectivity index is 1.49. The number of benzene rings is 3. The summed E-state index contributed by atoms with van der Waals surface area (Å²) in [6.45, 7) is 1.50. The summed E-state index contributed by atoms with van der Waals surface area (Å²) >= 11 is 0. The van der Waals surface area contributed by atoms with E-state index < -0.39 is 35.0 Å². The van der Waals surface area contributed by atoms with Crippen molar-refractivity contribution >= 4 is 0 Å². The molecule has 0 bridgehead atoms. The molecule has 0 unspecified atom stereocenters. The van der Waals surface area contributed by atoms with Crippen LogP contribution in [0.2, 0.25) is 0 Å². The van der Waals surface area contributed by atoms with E-state index >= 15 is 0 Å². The molecule has 3 aromatic carbocycles. The third kappa shape index (κ3) is 4.73. The lowest BCUT2D eigenvalue weighted by Gasteiger charge is -2.27. The van der Waals surface area contributed by atoms with E-state index in [1.807, 2.05) is 71.7 Å². The number of nitrogens with zero attached hydrogens (tertiary/aromatic N) is 1. The minimum absolute atomic E-state index is 0.00413. The van der Waals surface area contributed by atoms with Crippen LogP contribution >= 0.6 is 0 Å². The zero-order chi connectivity index (χ0) is 26.9. The molecule has 1 fully saturated rings. The minimum atomic E-state index is -1.38. The monoisotopic (exact) mass is 518 g/mol. The van der Waals surface area contributed by atoms with Gasteiger partial charge in [-0.15, -0.1) is 0 Å². The van der Waals surface area contributed by atoms with Gasteiger partial charge in [-0.25, -0.2) is 4.79 Å². The molecule has 0 saturated carbocycles. The van der Waals surface area contributed by atoms with E-state index in [0.29, 0.717) is 11.5 Å². The first-order valence-electron chi connectivity index (χ1n) is 12.1. The van der Waals surface area contributed by atoms with Gasteiger partial charge in [-0.2, -0.15) is 4.39 Å². The first-order chi connectivity index (χ1) is 18.3. The van der Waals surface area contributed by atoms with Gasteiger partial charge >= 0.3 is 5.69 Å². The maximum absolute atomic E-state index is 13.9. The average Bonchev–Trinajstić information content (AvgIpc) is 3.23. The van der Waals surface area contributed by atoms with Crippen LogP contribution in [-0.4, -0.2) is 40.6 Å². The van der Waals surface area contributed by atoms with E-state index in [1.54, 1.807) is 20.1 Å². The van der Waals surface area contributed by atoms with E-state index in [2.05, 4.69) is 0 Å². The number of aliphatic hydroxyl groups is 1. The highest BCUT2D eigenvalue weighted by molar-refractivity contribution is 5.91. The van der Waals surface area contributed by atoms with Gasteiger partial charge in [0, 0.05) is 17.5 Å². The molecule has 3 atom stereocenters. The van der Waals surface area contributed by atoms with Gasteiger partial charge in [-0.3, -0.25) is 14.3 Å². The molecule has 0 spiro atoms. The zero-order valence-corrected chi connectivity index (χ0v) is 20.9. The summed E-state index contributed by atoms with van der Waals surface area (Å²) in [5, 5.41) is 10.8. The number of aromatic nitrogens is 2. The van der Waals surface area contributed by atoms with Crippen LogP contribution in [0, 0.1) is 5.82 Å². The fourth-order valence-corrected chi connectivity index (χ4v) is 4.88. The summed E-state index contributed by atoms with van der Waals surface area (Å²) in [5.74, 6) is 0.0990. The van der Waals surface area contributed by atoms with Crippen molar-refractivity contribution < 1.29 is 23.7 Å². The molecule has 196 valence electrons. The highest BCUT2D eigenvalue weighted by Gasteiger charge is 2.45. The molecule has 0 radical (unpaired) electrons. The van der Waals surface area contributed by atoms with Crippen LogP contribution in [0.25, 0.3) is 22.3 Å². The van der Waals surface area contributed by atoms with Crippen molar-refractivity contribution in [3.63, 3.8) is 0 Å². The molecule has 9 heteroatoms. The molecule has 2 heterocycles. The Morgan fingerprint density at radius 1 is 1.00 bits per heavy atom. The summed E-state index contributed by atoms with van der Waals surface area (Å²) < 4.78 is 32.9. The predicted molar refractivity (Wildman–Crippen MR) is 140 cm³/mol. The van der Waals surface area contributed by atoms with Crippen LogP contribution in [0.5, 0.6) is 11.5 Å². The molecule has 0 aliphatic carbocycles. The summed E-state index contributed by atoms with van der Waals surface area (Å²) in [6.07, 6.45) is -1.04. The molecule has 4 aromatic rings. The van der Waals surface area contributed by atoms with E-state index in [0.717, 1.165) is 33.0 Å². The van der Waals surface area contributed by atoms with Gasteiger partial charge in [0.25, 0.3) is 5.56 Å². The lowest BCUT2D eigenvalue weighted by Crippen LogP contribution is -2.43. The third-order valence-corrected chi connectivity index (χ3v) is 6.71. The highest BCUT2D eigenvalue weighted by Crippen LogP contribution is 2.45. The number of ether oxygens (including phenoxy) is 3. The number of rotatable bonds is 7. The SMILES string of the molecule is COc1ccc(OC[C@H]2O[C@@](C)(n3cc(F)c(=O)[nH]c3=O)C[C@@H]2O)c(-c2ccccc2)c1-c1ccccc1. The Kier molecular flexibility index (Phi) is 6.88. The first-order valence-corrected chi connectivity index (χ1v) is 12.1. The van der Waals surface area contributed by atoms with Gasteiger partial charge in [0.1, 0.15) is 29.9 Å². The number of H-pyrrole nitrogens is 1. The summed E-state index contributed by atoms with van der Waals surface area (Å²) in [4.78, 5) is 25.7. The van der Waals surface area contributed by atoms with E-state index in [9.17, 15) is 19.1 Å². The Hall–Kier alpha value is -4.21. The zero-order valence-electron chi connectivity index (χ0n) is 20.9. The normalized spacial score (nSPS) is 20.8. The van der Waals surface area contributed by atoms with Crippen molar-refractivity contribution in [1.29, 1.82) is 0 Å². The molecule has 1 aliphatic rings. The van der Waals surface area contributed by atoms with Crippen LogP contribution in [0.15, 0.2) is 88.6 Å². The van der Waals surface area contributed by atoms with E-state index in [-0.39, 0.29) is 13.0 Å². The molecular weight excluding hydrogens is 491 g/mol. The lowest BCUT2D eigenvalue weighted by atomic mass is 9.92. The van der Waals surface area contributed by atoms with Crippen LogP contribution in [0.4, 0.5) is 4.39 Å². The molecule has 2 N–H and O–H groups in total. The quantitative estimate of drug-likeness (QED) is 0.385. The van der Waals surface area contributed by atoms with Gasteiger partial charge in [-0.05, 0) is 30.2 Å². The number of nitrogens with one attached hydrogen (secondary N) is 1. The summed E-state index contributed by atoms with van der Waals surface area (Å²) in [6, 6.07) is 23.2. The molecular formula is C29H27FN2O6. The standard InChI is InChI=1S/C29H27FN2O6/c1-29(32-16-20(30)27(34)31-28(32)35)15-21(33)24(38-29)17-37-23-14-13-22(36-2)25(18-9-5-3-6-10-18)26(23)19-11-7-4-8-12-19/h3-14,16,21,24,33H,15,17H2,1-2H3,(H,31,34,35)/t21-,24+,29+/m0/s1. The van der Waals surface area contributed by atoms with Crippen molar-refractivity contribution in [3.8, 4) is 33.8 Å². The molecule has 5 rings (SSSR count). The Labute approximate surface area is 217 Å². The van der Waals surface area contributed by atoms with Crippen molar-refractivity contribution in [2.45, 2.75) is 31.3 Å². The molecule has 1 saturated heterocycles. The first kappa shape index (κ1) is 25.4. The minimum Gasteiger partial charge on any atom is -0.496 e. The molecule has 1 aromatic heterocycles. The Morgan fingerprint density at radius 3 is 2.18 bits per heavy atom. The number of aromatic amines is 1. The van der Waals surface area contributed by atoms with Gasteiger partial charge in [0.2, 0.25) is 5.82 Å². The molecule has 8 nitrogen and oxygen atoms in total. The molecule has 0 amide bonds. The maximum Gasteiger partial charge on any atom is 0.330 e. The topological polar surface area (TPSA) is 103 Å². The Morgan fingerprint density at radius 2 is 1.58 bits per heavy atom. The predicted octanol–water partition coefficient (Wildman–Crippen LogP) is 3.92. The second-order valence-corrected chi connectivity index (χ2v) is 9.27. The van der Waals surface area contributed by atoms with E-state index in [4.69, 9.17) is 14.2 Å². The fourth-order valence-electron chi connectivity index (χ4n) is 4.88. The average molecular weight is 519 g/mol. The lowest BCUT2D eigenvalue weighted by molar-refractivity contribution is -0.105. The Bertz CT molecular complexity index is 1550. The van der Waals surface area contributed by atoms with Gasteiger partial charge in [-0.1, -0.05) is 60.7 Å². The number of halogens is 1. The number of aliphatic hydroxyl groups excluding tert-OH is 1. The highest BCUT2D eigenvalue weighted by atomic mass is 19.1. The third-order valence-electron chi connectivity index (χ3n) is 6.71. The second kappa shape index (κ2) is 10.3. The van der Waals surface area contributed by atoms with Crippen molar-refractivity contribution in [1.82, 2.24) is 9.55 Å². The van der Waals surface area contributed by atoms with E-state index in [1.165, 1.54) is 0 Å². The van der Waals surface area contributed by atoms with Crippen LogP contribution in [0.1, 0.15) is 13.3 Å². The molecule has 38 heavy (non-hydrogen) atoms. The summed E-state index contributed by atoms with van der Waals surface area (Å²) in [7, 11) is 1.61. The largest absolute Gasteiger partial charge is 0.496 e. The van der Waals surface area contributed by atoms with Crippen molar-refractivity contribution in [2.75, 3.05) is 13.7 Å².